The molecule has 1 nitrogen and oxygen atoms in total. The summed E-state index contributed by atoms with van der Waals surface area (Å²) < 4.78 is 0. The maximum Gasteiger partial charge on any atom is 0.133 e. The minimum absolute atomic E-state index is 0.519. The molecule has 0 heterocycles. The van der Waals surface area contributed by atoms with E-state index in [0.717, 1.165) is 24.7 Å². The van der Waals surface area contributed by atoms with Crippen LogP contribution in [0.1, 0.15) is 51.4 Å². The molecule has 2 aliphatic carbocycles. The minimum atomic E-state index is 0.519. The quantitative estimate of drug-likeness (QED) is 0.585. The van der Waals surface area contributed by atoms with Crippen LogP contribution in [0.25, 0.3) is 0 Å². The van der Waals surface area contributed by atoms with Crippen LogP contribution in [0.4, 0.5) is 0 Å². The Balaban J connectivity index is 1.86. The normalized spacial score (nSPS) is 32.7. The number of ketones is 1. The average Bonchev–Trinajstić information content (AvgIpc) is 2.54. The van der Waals surface area contributed by atoms with E-state index in [4.69, 9.17) is 0 Å². The highest BCUT2D eigenvalue weighted by molar-refractivity contribution is 5.80. The lowest BCUT2D eigenvalue weighted by molar-refractivity contribution is -0.117. The van der Waals surface area contributed by atoms with Gasteiger partial charge in [0.2, 0.25) is 0 Å². The molecular weight excluding hydrogens is 148 g/mol. The van der Waals surface area contributed by atoms with E-state index in [9.17, 15) is 4.79 Å². The highest BCUT2D eigenvalue weighted by Crippen LogP contribution is 2.37. The summed E-state index contributed by atoms with van der Waals surface area (Å²) in [6, 6.07) is 0. The predicted molar refractivity (Wildman–Crippen MR) is 48.9 cm³/mol. The molecule has 2 saturated carbocycles. The molecule has 1 atom stereocenters. The monoisotopic (exact) mass is 166 g/mol. The van der Waals surface area contributed by atoms with Crippen molar-refractivity contribution in [3.05, 3.63) is 0 Å². The second kappa shape index (κ2) is 3.59. The topological polar surface area (TPSA) is 17.1 Å². The molecule has 1 unspecified atom stereocenters. The molecule has 0 amide bonds. The molecule has 2 fully saturated rings. The third kappa shape index (κ3) is 1.70. The zero-order valence-corrected chi connectivity index (χ0v) is 7.72. The lowest BCUT2D eigenvalue weighted by atomic mass is 9.79. The SMILES string of the molecule is O=C1CCC(C2CCCCC2)C1. The van der Waals surface area contributed by atoms with E-state index in [2.05, 4.69) is 0 Å². The van der Waals surface area contributed by atoms with Gasteiger partial charge in [-0.15, -0.1) is 0 Å². The Hall–Kier alpha value is -0.330. The van der Waals surface area contributed by atoms with Crippen LogP contribution in [0.5, 0.6) is 0 Å². The smallest absolute Gasteiger partial charge is 0.133 e. The van der Waals surface area contributed by atoms with Gasteiger partial charge in [-0.1, -0.05) is 32.1 Å². The molecule has 1 heteroatoms. The highest BCUT2D eigenvalue weighted by atomic mass is 16.1. The van der Waals surface area contributed by atoms with Crippen LogP contribution in [0.2, 0.25) is 0 Å². The van der Waals surface area contributed by atoms with Crippen molar-refractivity contribution in [3.63, 3.8) is 0 Å². The fourth-order valence-corrected chi connectivity index (χ4v) is 2.85. The molecule has 68 valence electrons. The largest absolute Gasteiger partial charge is 0.300 e. The lowest BCUT2D eigenvalue weighted by Crippen LogP contribution is -2.15. The van der Waals surface area contributed by atoms with Crippen LogP contribution in [0.3, 0.4) is 0 Å². The molecule has 2 rings (SSSR count). The van der Waals surface area contributed by atoms with Crippen molar-refractivity contribution in [2.45, 2.75) is 51.4 Å². The molecule has 0 N–H and O–H groups in total. The first-order valence-corrected chi connectivity index (χ1v) is 5.38. The van der Waals surface area contributed by atoms with E-state index in [1.807, 2.05) is 0 Å². The second-order valence-electron chi connectivity index (χ2n) is 4.44. The van der Waals surface area contributed by atoms with Crippen molar-refractivity contribution in [2.24, 2.45) is 11.8 Å². The lowest BCUT2D eigenvalue weighted by Gasteiger charge is -2.26. The van der Waals surface area contributed by atoms with Crippen molar-refractivity contribution >= 4 is 5.78 Å². The molecule has 0 aromatic rings. The summed E-state index contributed by atoms with van der Waals surface area (Å²) in [5.74, 6) is 2.20. The number of Topliss-reactive ketones (excluding diaryl/α,β-unsaturated/α-hetero) is 1. The fraction of sp³-hybridized carbons (Fsp3) is 0.909. The van der Waals surface area contributed by atoms with Crippen molar-refractivity contribution < 1.29 is 4.79 Å². The summed E-state index contributed by atoms with van der Waals surface area (Å²) in [5, 5.41) is 0. The van der Waals surface area contributed by atoms with Crippen molar-refractivity contribution in [1.82, 2.24) is 0 Å². The fourth-order valence-electron chi connectivity index (χ4n) is 2.85. The Kier molecular flexibility index (Phi) is 2.48. The van der Waals surface area contributed by atoms with Crippen LogP contribution < -0.4 is 0 Å². The van der Waals surface area contributed by atoms with Crippen molar-refractivity contribution in [3.8, 4) is 0 Å². The Morgan fingerprint density at radius 1 is 0.917 bits per heavy atom. The predicted octanol–water partition coefficient (Wildman–Crippen LogP) is 2.94. The van der Waals surface area contributed by atoms with E-state index in [1.54, 1.807) is 0 Å². The molecule has 0 spiro atoms. The summed E-state index contributed by atoms with van der Waals surface area (Å²) >= 11 is 0. The van der Waals surface area contributed by atoms with Gasteiger partial charge in [-0.2, -0.15) is 0 Å². The third-order valence-electron chi connectivity index (χ3n) is 3.60. The Morgan fingerprint density at radius 3 is 2.25 bits per heavy atom. The van der Waals surface area contributed by atoms with E-state index < -0.39 is 0 Å². The van der Waals surface area contributed by atoms with Gasteiger partial charge in [0.05, 0.1) is 0 Å². The van der Waals surface area contributed by atoms with Crippen LogP contribution in [-0.4, -0.2) is 5.78 Å². The van der Waals surface area contributed by atoms with E-state index in [0.29, 0.717) is 5.78 Å². The zero-order chi connectivity index (χ0) is 8.39. The minimum Gasteiger partial charge on any atom is -0.300 e. The van der Waals surface area contributed by atoms with Gasteiger partial charge < -0.3 is 0 Å². The number of rotatable bonds is 1. The molecule has 0 radical (unpaired) electrons. The molecule has 0 aromatic heterocycles. The van der Waals surface area contributed by atoms with Gasteiger partial charge in [0.15, 0.2) is 0 Å². The van der Waals surface area contributed by atoms with Gasteiger partial charge in [-0.05, 0) is 18.3 Å². The van der Waals surface area contributed by atoms with E-state index >= 15 is 0 Å². The molecule has 12 heavy (non-hydrogen) atoms. The van der Waals surface area contributed by atoms with Crippen LogP contribution in [0.15, 0.2) is 0 Å². The van der Waals surface area contributed by atoms with Gasteiger partial charge >= 0.3 is 0 Å². The number of carbonyl (C=O) groups excluding carboxylic acids is 1. The highest BCUT2D eigenvalue weighted by Gasteiger charge is 2.29. The Bertz CT molecular complexity index is 168. The first-order valence-electron chi connectivity index (χ1n) is 5.38. The average molecular weight is 166 g/mol. The summed E-state index contributed by atoms with van der Waals surface area (Å²) in [6.07, 6.45) is 10.0. The summed E-state index contributed by atoms with van der Waals surface area (Å²) in [7, 11) is 0. The molecule has 0 aromatic carbocycles. The van der Waals surface area contributed by atoms with Gasteiger partial charge in [-0.3, -0.25) is 4.79 Å². The maximum absolute atomic E-state index is 11.1. The van der Waals surface area contributed by atoms with E-state index in [1.165, 1.54) is 38.5 Å². The molecular formula is C11H18O. The molecule has 0 bridgehead atoms. The van der Waals surface area contributed by atoms with Crippen LogP contribution >= 0.6 is 0 Å². The Morgan fingerprint density at radius 2 is 1.67 bits per heavy atom. The summed E-state index contributed by atoms with van der Waals surface area (Å²) in [6.45, 7) is 0. The maximum atomic E-state index is 11.1. The molecule has 0 saturated heterocycles. The van der Waals surface area contributed by atoms with Gasteiger partial charge in [-0.25, -0.2) is 0 Å². The first-order chi connectivity index (χ1) is 5.86. The first kappa shape index (κ1) is 8.28. The van der Waals surface area contributed by atoms with E-state index in [-0.39, 0.29) is 0 Å². The molecule has 0 aliphatic heterocycles. The van der Waals surface area contributed by atoms with Crippen molar-refractivity contribution in [1.29, 1.82) is 0 Å². The zero-order valence-electron chi connectivity index (χ0n) is 7.72. The number of hydrogen-bond donors (Lipinski definition) is 0. The van der Waals surface area contributed by atoms with Gasteiger partial charge in [0.25, 0.3) is 0 Å². The van der Waals surface area contributed by atoms with Crippen LogP contribution in [0, 0.1) is 11.8 Å². The summed E-state index contributed by atoms with van der Waals surface area (Å²) in [4.78, 5) is 11.1. The standard InChI is InChI=1S/C11H18O/c12-11-7-6-10(8-11)9-4-2-1-3-5-9/h9-10H,1-8H2. The third-order valence-corrected chi connectivity index (χ3v) is 3.60. The summed E-state index contributed by atoms with van der Waals surface area (Å²) in [5.41, 5.74) is 0. The van der Waals surface area contributed by atoms with Gasteiger partial charge in [0, 0.05) is 12.8 Å². The number of hydrogen-bond acceptors (Lipinski definition) is 1. The van der Waals surface area contributed by atoms with Crippen LogP contribution in [-0.2, 0) is 4.79 Å². The number of carbonyl (C=O) groups is 1. The Labute approximate surface area is 74.5 Å². The van der Waals surface area contributed by atoms with Gasteiger partial charge in [0.1, 0.15) is 5.78 Å². The second-order valence-corrected chi connectivity index (χ2v) is 4.44. The van der Waals surface area contributed by atoms with Crippen molar-refractivity contribution in [2.75, 3.05) is 0 Å². The molecule has 2 aliphatic rings.